The Bertz CT molecular complexity index is 1890. The molecule has 12 nitrogen and oxygen atoms in total. The largest absolute Gasteiger partial charge is 0.459 e. The van der Waals surface area contributed by atoms with Gasteiger partial charge in [-0.05, 0) is 55.0 Å². The summed E-state index contributed by atoms with van der Waals surface area (Å²) in [6.45, 7) is 1.97. The predicted molar refractivity (Wildman–Crippen MR) is 219 cm³/mol. The molecule has 59 heavy (non-hydrogen) atoms. The molecule has 0 aromatic heterocycles. The van der Waals surface area contributed by atoms with E-state index in [4.69, 9.17) is 28.4 Å². The van der Waals surface area contributed by atoms with Crippen molar-refractivity contribution < 1.29 is 52.4 Å². The van der Waals surface area contributed by atoms with E-state index in [9.17, 15) is 24.0 Å². The summed E-state index contributed by atoms with van der Waals surface area (Å²) < 4.78 is 35.7. The monoisotopic (exact) mass is 807 g/mol. The smallest absolute Gasteiger partial charge is 0.409 e. The standard InChI is InChI=1S/C47H53NO11/c1-2-3-4-5-6-7-8-9-10-23-32-48-47(53)59-46-41(58-45(52)37-30-21-14-22-31-37)40(57-44(51)36-28-19-13-20-29-36)39(56-43(50)35-26-17-12-18-27-35)38(55-46)33-54-42(49)34-24-15-11-16-25-34/h11-22,24-31,38-41,46H,2-10,23,32-33H2,1H3,(H,48,53)/t38-,39-,40+,41-,46+/m1/s1. The molecule has 0 radical (unpaired) electrons. The van der Waals surface area contributed by atoms with Crippen LogP contribution in [0.2, 0.25) is 0 Å². The Balaban J connectivity index is 1.40. The zero-order chi connectivity index (χ0) is 41.7. The number of hydrogen-bond acceptors (Lipinski definition) is 11. The van der Waals surface area contributed by atoms with Gasteiger partial charge in [0.2, 0.25) is 12.4 Å². The van der Waals surface area contributed by atoms with Gasteiger partial charge in [0, 0.05) is 6.54 Å². The van der Waals surface area contributed by atoms with Gasteiger partial charge in [-0.1, -0.05) is 138 Å². The molecule has 4 aromatic carbocycles. The van der Waals surface area contributed by atoms with E-state index < -0.39 is 67.3 Å². The molecule has 0 saturated carbocycles. The van der Waals surface area contributed by atoms with Crippen LogP contribution in [0.4, 0.5) is 4.79 Å². The number of benzene rings is 4. The van der Waals surface area contributed by atoms with Crippen LogP contribution in [-0.4, -0.2) is 73.8 Å². The van der Waals surface area contributed by atoms with Crippen molar-refractivity contribution in [2.45, 2.75) is 102 Å². The highest BCUT2D eigenvalue weighted by atomic mass is 16.8. The molecule has 0 unspecified atom stereocenters. The van der Waals surface area contributed by atoms with Crippen LogP contribution in [0.15, 0.2) is 121 Å². The lowest BCUT2D eigenvalue weighted by Gasteiger charge is -2.43. The second-order valence-corrected chi connectivity index (χ2v) is 14.2. The maximum atomic E-state index is 13.8. The molecule has 1 heterocycles. The van der Waals surface area contributed by atoms with Gasteiger partial charge in [-0.15, -0.1) is 0 Å². The number of nitrogens with one attached hydrogen (secondary N) is 1. The highest BCUT2D eigenvalue weighted by molar-refractivity contribution is 5.91. The molecule has 0 bridgehead atoms. The average molecular weight is 808 g/mol. The first kappa shape index (κ1) is 44.1. The Labute approximate surface area is 345 Å². The number of rotatable bonds is 21. The summed E-state index contributed by atoms with van der Waals surface area (Å²) in [5, 5.41) is 2.73. The minimum Gasteiger partial charge on any atom is -0.459 e. The molecule has 1 N–H and O–H groups in total. The molecule has 12 heteroatoms. The molecule has 1 aliphatic heterocycles. The number of alkyl carbamates (subject to hydrolysis) is 1. The van der Waals surface area contributed by atoms with Crippen molar-refractivity contribution >= 4 is 30.0 Å². The van der Waals surface area contributed by atoms with E-state index in [1.54, 1.807) is 84.9 Å². The maximum absolute atomic E-state index is 13.8. The fraction of sp³-hybridized carbons (Fsp3) is 0.383. The summed E-state index contributed by atoms with van der Waals surface area (Å²) in [6.07, 6.45) is 2.32. The lowest BCUT2D eigenvalue weighted by atomic mass is 9.97. The summed E-state index contributed by atoms with van der Waals surface area (Å²) in [5.41, 5.74) is 0.672. The molecule has 1 fully saturated rings. The summed E-state index contributed by atoms with van der Waals surface area (Å²) in [4.78, 5) is 67.7. The van der Waals surface area contributed by atoms with Crippen molar-refractivity contribution in [3.63, 3.8) is 0 Å². The number of esters is 4. The van der Waals surface area contributed by atoms with E-state index in [0.29, 0.717) is 13.0 Å². The van der Waals surface area contributed by atoms with E-state index in [2.05, 4.69) is 12.2 Å². The lowest BCUT2D eigenvalue weighted by Crippen LogP contribution is -2.63. The molecule has 312 valence electrons. The third-order valence-corrected chi connectivity index (χ3v) is 9.76. The molecule has 4 aromatic rings. The van der Waals surface area contributed by atoms with E-state index in [1.165, 1.54) is 74.9 Å². The van der Waals surface area contributed by atoms with Crippen LogP contribution < -0.4 is 5.32 Å². The molecule has 1 aliphatic rings. The zero-order valence-electron chi connectivity index (χ0n) is 33.4. The number of amides is 1. The topological polar surface area (TPSA) is 153 Å². The van der Waals surface area contributed by atoms with Crippen LogP contribution in [0.1, 0.15) is 113 Å². The Hall–Kier alpha value is -6.01. The molecular formula is C47H53NO11. The third kappa shape index (κ3) is 14.1. The Kier molecular flexibility index (Phi) is 18.0. The minimum absolute atomic E-state index is 0.138. The van der Waals surface area contributed by atoms with Gasteiger partial charge in [0.1, 0.15) is 12.7 Å². The van der Waals surface area contributed by atoms with E-state index >= 15 is 0 Å². The van der Waals surface area contributed by atoms with Crippen LogP contribution in [0.25, 0.3) is 0 Å². The fourth-order valence-electron chi connectivity index (χ4n) is 6.57. The highest BCUT2D eigenvalue weighted by Crippen LogP contribution is 2.32. The first-order valence-electron chi connectivity index (χ1n) is 20.4. The Morgan fingerprint density at radius 1 is 0.475 bits per heavy atom. The van der Waals surface area contributed by atoms with Gasteiger partial charge in [0.05, 0.1) is 22.3 Å². The van der Waals surface area contributed by atoms with Crippen molar-refractivity contribution in [3.8, 4) is 0 Å². The van der Waals surface area contributed by atoms with Gasteiger partial charge in [-0.25, -0.2) is 24.0 Å². The van der Waals surface area contributed by atoms with E-state index in [0.717, 1.165) is 19.3 Å². The quantitative estimate of drug-likeness (QED) is 0.0488. The van der Waals surface area contributed by atoms with E-state index in [1.807, 2.05) is 0 Å². The van der Waals surface area contributed by atoms with Crippen molar-refractivity contribution in [2.24, 2.45) is 0 Å². The average Bonchev–Trinajstić information content (AvgIpc) is 3.27. The predicted octanol–water partition coefficient (Wildman–Crippen LogP) is 8.89. The lowest BCUT2D eigenvalue weighted by molar-refractivity contribution is -0.282. The van der Waals surface area contributed by atoms with Crippen LogP contribution in [0.5, 0.6) is 0 Å². The van der Waals surface area contributed by atoms with Gasteiger partial charge >= 0.3 is 30.0 Å². The summed E-state index contributed by atoms with van der Waals surface area (Å²) in [5.74, 6) is -3.27. The van der Waals surface area contributed by atoms with Crippen LogP contribution in [0.3, 0.4) is 0 Å². The fourth-order valence-corrected chi connectivity index (χ4v) is 6.57. The number of ether oxygens (including phenoxy) is 6. The first-order chi connectivity index (χ1) is 28.8. The summed E-state index contributed by atoms with van der Waals surface area (Å²) in [6, 6.07) is 32.3. The highest BCUT2D eigenvalue weighted by Gasteiger charge is 2.54. The molecule has 1 saturated heterocycles. The Morgan fingerprint density at radius 3 is 1.32 bits per heavy atom. The SMILES string of the molecule is CCCCCCCCCCCCNC(=O)O[C@@H]1O[C@H](COC(=O)c2ccccc2)[C@@H](OC(=O)c2ccccc2)[C@H](OC(=O)c2ccccc2)[C@H]1OC(=O)c1ccccc1. The number of unbranched alkanes of at least 4 members (excludes halogenated alkanes) is 9. The van der Waals surface area contributed by atoms with Gasteiger partial charge in [0.25, 0.3) is 0 Å². The summed E-state index contributed by atoms with van der Waals surface area (Å²) >= 11 is 0. The second-order valence-electron chi connectivity index (χ2n) is 14.2. The molecule has 0 spiro atoms. The third-order valence-electron chi connectivity index (χ3n) is 9.76. The number of hydrogen-bond donors (Lipinski definition) is 1. The second kappa shape index (κ2) is 24.0. The first-order valence-corrected chi connectivity index (χ1v) is 20.4. The minimum atomic E-state index is -1.73. The number of carbonyl (C=O) groups excluding carboxylic acids is 5. The van der Waals surface area contributed by atoms with Crippen LogP contribution >= 0.6 is 0 Å². The summed E-state index contributed by atoms with van der Waals surface area (Å²) in [7, 11) is 0. The van der Waals surface area contributed by atoms with Gasteiger partial charge in [0.15, 0.2) is 12.2 Å². The van der Waals surface area contributed by atoms with Gasteiger partial charge < -0.3 is 33.7 Å². The number of carbonyl (C=O) groups is 5. The van der Waals surface area contributed by atoms with Gasteiger partial charge in [-0.3, -0.25) is 0 Å². The molecule has 1 amide bonds. The van der Waals surface area contributed by atoms with Crippen molar-refractivity contribution in [1.82, 2.24) is 5.32 Å². The van der Waals surface area contributed by atoms with E-state index in [-0.39, 0.29) is 22.3 Å². The van der Waals surface area contributed by atoms with Crippen LogP contribution in [-0.2, 0) is 28.4 Å². The Morgan fingerprint density at radius 2 is 0.864 bits per heavy atom. The zero-order valence-corrected chi connectivity index (χ0v) is 33.4. The molecule has 5 rings (SSSR count). The van der Waals surface area contributed by atoms with Gasteiger partial charge in [-0.2, -0.15) is 0 Å². The maximum Gasteiger partial charge on any atom is 0.409 e. The van der Waals surface area contributed by atoms with Crippen molar-refractivity contribution in [3.05, 3.63) is 144 Å². The molecule has 5 atom stereocenters. The van der Waals surface area contributed by atoms with Crippen molar-refractivity contribution in [1.29, 1.82) is 0 Å². The van der Waals surface area contributed by atoms with Crippen LogP contribution in [0, 0.1) is 0 Å². The van der Waals surface area contributed by atoms with Crippen molar-refractivity contribution in [2.75, 3.05) is 13.2 Å². The molecule has 0 aliphatic carbocycles. The molecular weight excluding hydrogens is 755 g/mol. The normalized spacial score (nSPS) is 18.5.